The number of hydrogen-bond acceptors (Lipinski definition) is 9. The van der Waals surface area contributed by atoms with Gasteiger partial charge in [-0.15, -0.1) is 48.1 Å². The fourth-order valence-electron chi connectivity index (χ4n) is 3.42. The zero-order chi connectivity index (χ0) is 26.0. The van der Waals surface area contributed by atoms with Crippen molar-refractivity contribution < 1.29 is 9.90 Å². The van der Waals surface area contributed by atoms with Gasteiger partial charge in [-0.05, 0) is 54.4 Å². The molecule has 4 N–H and O–H groups in total. The van der Waals surface area contributed by atoms with Crippen LogP contribution in [0.15, 0.2) is 78.2 Å². The third-order valence-corrected chi connectivity index (χ3v) is 6.49. The Morgan fingerprint density at radius 2 is 1.61 bits per heavy atom. The van der Waals surface area contributed by atoms with Crippen molar-refractivity contribution in [1.82, 2.24) is 9.78 Å². The molecule has 0 fully saturated rings. The molecule has 4 rings (SSSR count). The maximum Gasteiger partial charge on any atom is 0.299 e. The first-order valence-corrected chi connectivity index (χ1v) is 11.9. The number of nitrogens with one attached hydrogen (secondary N) is 1. The lowest BCUT2D eigenvalue weighted by Gasteiger charge is -2.06. The number of azo groups is 1. The molecule has 3 aromatic carbocycles. The first kappa shape index (κ1) is 25.4. The molecule has 8 nitrogen and oxygen atoms in total. The Hall–Kier alpha value is -3.67. The van der Waals surface area contributed by atoms with E-state index in [1.54, 1.807) is 31.2 Å². The van der Waals surface area contributed by atoms with Crippen molar-refractivity contribution in [3.63, 3.8) is 0 Å². The highest BCUT2D eigenvalue weighted by molar-refractivity contribution is 7.80. The van der Waals surface area contributed by atoms with E-state index >= 15 is 0 Å². The van der Waals surface area contributed by atoms with Crippen molar-refractivity contribution in [3.05, 3.63) is 81.3 Å². The minimum atomic E-state index is -0.434. The van der Waals surface area contributed by atoms with Crippen LogP contribution in [0.5, 0.6) is 5.75 Å². The number of carbonyl (C=O) groups is 1. The molecule has 0 amide bonds. The minimum absolute atomic E-state index is 0.0628. The summed E-state index contributed by atoms with van der Waals surface area (Å²) in [4.78, 5) is 26.1. The van der Waals surface area contributed by atoms with Crippen LogP contribution in [-0.4, -0.2) is 21.2 Å². The number of aromatic hydroxyl groups is 1. The van der Waals surface area contributed by atoms with Crippen LogP contribution >= 0.6 is 37.9 Å². The fourth-order valence-corrected chi connectivity index (χ4v) is 4.20. The van der Waals surface area contributed by atoms with Crippen molar-refractivity contribution in [2.75, 3.05) is 5.73 Å². The molecule has 0 unspecified atom stereocenters. The predicted octanol–water partition coefficient (Wildman–Crippen LogP) is 6.03. The molecule has 4 aromatic rings. The summed E-state index contributed by atoms with van der Waals surface area (Å²) >= 11 is 13.1. The molecule has 0 saturated carbocycles. The normalized spacial score (nSPS) is 11.6. The molecule has 1 aromatic heterocycles. The zero-order valence-corrected chi connectivity index (χ0v) is 21.6. The van der Waals surface area contributed by atoms with Gasteiger partial charge in [0.1, 0.15) is 5.75 Å². The monoisotopic (exact) mass is 535 g/mol. The number of H-pyrrole nitrogens is 1. The number of aromatic nitrogens is 2. The summed E-state index contributed by atoms with van der Waals surface area (Å²) in [5, 5.41) is 21.0. The van der Waals surface area contributed by atoms with E-state index < -0.39 is 5.56 Å². The van der Waals surface area contributed by atoms with Crippen molar-refractivity contribution in [2.24, 2.45) is 10.2 Å². The summed E-state index contributed by atoms with van der Waals surface area (Å²) in [6, 6.07) is 13.8. The average Bonchev–Trinajstić information content (AvgIpc) is 3.13. The number of benzene rings is 3. The van der Waals surface area contributed by atoms with Gasteiger partial charge in [-0.1, -0.05) is 24.3 Å². The van der Waals surface area contributed by atoms with Crippen molar-refractivity contribution >= 4 is 73.4 Å². The lowest BCUT2D eigenvalue weighted by molar-refractivity contribution is 0.112. The Bertz CT molecular complexity index is 1610. The third kappa shape index (κ3) is 5.13. The maximum atomic E-state index is 13.0. The second-order valence-corrected chi connectivity index (χ2v) is 9.25. The van der Waals surface area contributed by atoms with E-state index in [0.717, 1.165) is 16.0 Å². The molecular weight excluding hydrogens is 515 g/mol. The molecule has 1 heterocycles. The predicted molar refractivity (Wildman–Crippen MR) is 150 cm³/mol. The van der Waals surface area contributed by atoms with E-state index in [-0.39, 0.29) is 27.6 Å². The highest BCUT2D eigenvalue weighted by Gasteiger charge is 2.14. The second kappa shape index (κ2) is 10.5. The van der Waals surface area contributed by atoms with E-state index in [0.29, 0.717) is 28.3 Å². The summed E-state index contributed by atoms with van der Waals surface area (Å²) in [7, 11) is 0. The average molecular weight is 536 g/mol. The number of aldehydes is 1. The maximum absolute atomic E-state index is 13.0. The van der Waals surface area contributed by atoms with E-state index in [9.17, 15) is 14.7 Å². The van der Waals surface area contributed by atoms with Crippen LogP contribution in [0.25, 0.3) is 17.8 Å². The highest BCUT2D eigenvalue weighted by atomic mass is 32.1. The SMILES string of the molecule is Cc1[nH]n(-c2ccc(C=Cc3ccc(N)cc3S)c(S)c2)c(=O)c1N=Nc1ccc(S)c(O)c1C=O. The number of thiol groups is 3. The summed E-state index contributed by atoms with van der Waals surface area (Å²) in [6.45, 7) is 1.68. The smallest absolute Gasteiger partial charge is 0.299 e. The first-order chi connectivity index (χ1) is 17.2. The Labute approximate surface area is 222 Å². The number of carbonyl (C=O) groups excluding carboxylic acids is 1. The van der Waals surface area contributed by atoms with E-state index in [4.69, 9.17) is 5.73 Å². The standard InChI is InChI=1S/C25H21N5O3S3/c1-13-23(28-27-19-8-9-20(34)24(32)18(19)12-31)25(33)30(29-13)17-7-5-15(22(36)11-17)3-2-14-4-6-16(26)10-21(14)35/h2-12,29,32,34-36H,26H2,1H3. The zero-order valence-electron chi connectivity index (χ0n) is 18.9. The Morgan fingerprint density at radius 3 is 2.25 bits per heavy atom. The van der Waals surface area contributed by atoms with Gasteiger partial charge in [0, 0.05) is 20.4 Å². The molecule has 36 heavy (non-hydrogen) atoms. The number of nitrogens with zero attached hydrogens (tertiary/aromatic N) is 3. The topological polar surface area (TPSA) is 126 Å². The van der Waals surface area contributed by atoms with Crippen LogP contribution in [0.3, 0.4) is 0 Å². The molecular formula is C25H21N5O3S3. The number of phenolic OH excluding ortho intramolecular Hbond substituents is 1. The molecule has 0 atom stereocenters. The number of phenols is 1. The first-order valence-electron chi connectivity index (χ1n) is 10.5. The summed E-state index contributed by atoms with van der Waals surface area (Å²) in [6.07, 6.45) is 4.27. The third-order valence-electron chi connectivity index (χ3n) is 5.36. The molecule has 0 aliphatic rings. The number of aryl methyl sites for hydroxylation is 1. The molecule has 0 aliphatic carbocycles. The van der Waals surface area contributed by atoms with Gasteiger partial charge < -0.3 is 10.8 Å². The van der Waals surface area contributed by atoms with Crippen LogP contribution in [0.2, 0.25) is 0 Å². The number of aromatic amines is 1. The molecule has 0 radical (unpaired) electrons. The van der Waals surface area contributed by atoms with Gasteiger partial charge in [0.05, 0.1) is 22.6 Å². The quantitative estimate of drug-likeness (QED) is 0.0593. The van der Waals surface area contributed by atoms with Gasteiger partial charge in [0.2, 0.25) is 0 Å². The molecule has 182 valence electrons. The minimum Gasteiger partial charge on any atom is -0.506 e. The van der Waals surface area contributed by atoms with Crippen LogP contribution in [-0.2, 0) is 0 Å². The fraction of sp³-hybridized carbons (Fsp3) is 0.0400. The van der Waals surface area contributed by atoms with Gasteiger partial charge in [-0.2, -0.15) is 0 Å². The number of hydrogen-bond donors (Lipinski definition) is 6. The van der Waals surface area contributed by atoms with Crippen molar-refractivity contribution in [1.29, 1.82) is 0 Å². The Kier molecular flexibility index (Phi) is 7.43. The van der Waals surface area contributed by atoms with Crippen molar-refractivity contribution in [3.8, 4) is 11.4 Å². The number of rotatable bonds is 6. The van der Waals surface area contributed by atoms with Crippen LogP contribution in [0, 0.1) is 6.92 Å². The second-order valence-electron chi connectivity index (χ2n) is 7.80. The Balaban J connectivity index is 1.63. The molecule has 0 spiro atoms. The van der Waals surface area contributed by atoms with Crippen molar-refractivity contribution in [2.45, 2.75) is 21.6 Å². The van der Waals surface area contributed by atoms with E-state index in [1.807, 2.05) is 24.3 Å². The molecule has 11 heteroatoms. The molecule has 0 aliphatic heterocycles. The van der Waals surface area contributed by atoms with Gasteiger partial charge in [-0.25, -0.2) is 4.68 Å². The van der Waals surface area contributed by atoms with Gasteiger partial charge in [0.15, 0.2) is 12.0 Å². The van der Waals surface area contributed by atoms with Gasteiger partial charge >= 0.3 is 0 Å². The largest absolute Gasteiger partial charge is 0.506 e. The van der Waals surface area contributed by atoms with Crippen LogP contribution in [0.1, 0.15) is 27.2 Å². The number of nitrogen functional groups attached to an aromatic ring is 1. The molecule has 0 saturated heterocycles. The van der Waals surface area contributed by atoms with Crippen LogP contribution < -0.4 is 11.3 Å². The van der Waals surface area contributed by atoms with Gasteiger partial charge in [0.25, 0.3) is 5.56 Å². The Morgan fingerprint density at radius 1 is 0.944 bits per heavy atom. The summed E-state index contributed by atoms with van der Waals surface area (Å²) < 4.78 is 1.33. The highest BCUT2D eigenvalue weighted by Crippen LogP contribution is 2.33. The van der Waals surface area contributed by atoms with E-state index in [2.05, 4.69) is 53.2 Å². The summed E-state index contributed by atoms with van der Waals surface area (Å²) in [5.74, 6) is -0.301. The number of nitrogens with two attached hydrogens (primary N) is 1. The van der Waals surface area contributed by atoms with Gasteiger partial charge in [-0.3, -0.25) is 14.7 Å². The van der Waals surface area contributed by atoms with Crippen LogP contribution in [0.4, 0.5) is 17.1 Å². The summed E-state index contributed by atoms with van der Waals surface area (Å²) in [5.41, 5.74) is 8.88. The lowest BCUT2D eigenvalue weighted by atomic mass is 10.1. The lowest BCUT2D eigenvalue weighted by Crippen LogP contribution is -2.14. The molecule has 0 bridgehead atoms. The number of anilines is 1. The van der Waals surface area contributed by atoms with E-state index in [1.165, 1.54) is 16.8 Å².